The minimum absolute atomic E-state index is 0.0640. The molecule has 2 fully saturated rings. The Balaban J connectivity index is 1.81. The van der Waals surface area contributed by atoms with E-state index in [2.05, 4.69) is 0 Å². The van der Waals surface area contributed by atoms with E-state index >= 15 is 0 Å². The molecule has 2 saturated carbocycles. The third kappa shape index (κ3) is 7.59. The van der Waals surface area contributed by atoms with Gasteiger partial charge in [0.2, 0.25) is 0 Å². The smallest absolute Gasteiger partial charge is 0.303 e. The Morgan fingerprint density at radius 1 is 1.19 bits per heavy atom. The van der Waals surface area contributed by atoms with Crippen LogP contribution in [0.2, 0.25) is 0 Å². The standard InChI is InChI=1S/C22H34O5/c23-17(14-16-8-4-3-5-9-16)12-13-19-18(20(24)15-21(19)25)10-6-1-2-7-11-22(26)27/h1,6,12-13,16-19,21,23,25H,2-5,7-11,14-15H2,(H,26,27)/t17-,18+,19-,21-/m1/s1. The maximum atomic E-state index is 12.2. The molecule has 2 aliphatic carbocycles. The number of carboxylic acids is 1. The van der Waals surface area contributed by atoms with Gasteiger partial charge in [-0.1, -0.05) is 56.4 Å². The van der Waals surface area contributed by atoms with Gasteiger partial charge in [0, 0.05) is 24.7 Å². The molecule has 27 heavy (non-hydrogen) atoms. The van der Waals surface area contributed by atoms with Crippen LogP contribution in [0, 0.1) is 17.8 Å². The number of aliphatic hydroxyl groups excluding tert-OH is 2. The van der Waals surface area contributed by atoms with Crippen molar-refractivity contribution in [3.63, 3.8) is 0 Å². The van der Waals surface area contributed by atoms with Crippen LogP contribution < -0.4 is 0 Å². The summed E-state index contributed by atoms with van der Waals surface area (Å²) in [6, 6.07) is 0. The van der Waals surface area contributed by atoms with E-state index in [9.17, 15) is 19.8 Å². The van der Waals surface area contributed by atoms with Gasteiger partial charge in [-0.25, -0.2) is 0 Å². The molecule has 0 heterocycles. The van der Waals surface area contributed by atoms with Crippen LogP contribution in [0.5, 0.6) is 0 Å². The third-order valence-corrected chi connectivity index (χ3v) is 5.91. The summed E-state index contributed by atoms with van der Waals surface area (Å²) in [5, 5.41) is 29.1. The molecule has 0 unspecified atom stereocenters. The molecular formula is C22H34O5. The van der Waals surface area contributed by atoms with Gasteiger partial charge in [-0.15, -0.1) is 0 Å². The van der Waals surface area contributed by atoms with Crippen LogP contribution in [0.25, 0.3) is 0 Å². The Morgan fingerprint density at radius 2 is 1.93 bits per heavy atom. The number of ketones is 1. The molecule has 0 aromatic rings. The lowest BCUT2D eigenvalue weighted by atomic mass is 9.85. The highest BCUT2D eigenvalue weighted by Crippen LogP contribution is 2.34. The number of rotatable bonds is 10. The molecule has 0 amide bonds. The van der Waals surface area contributed by atoms with Gasteiger partial charge in [-0.05, 0) is 31.6 Å². The first kappa shape index (κ1) is 21.8. The molecule has 0 aliphatic heterocycles. The summed E-state index contributed by atoms with van der Waals surface area (Å²) >= 11 is 0. The molecule has 0 saturated heterocycles. The Hall–Kier alpha value is -1.46. The number of hydrogen-bond acceptors (Lipinski definition) is 4. The predicted molar refractivity (Wildman–Crippen MR) is 104 cm³/mol. The highest BCUT2D eigenvalue weighted by Gasteiger charge is 2.39. The first-order chi connectivity index (χ1) is 13.0. The van der Waals surface area contributed by atoms with E-state index in [4.69, 9.17) is 5.11 Å². The Kier molecular flexibility index (Phi) is 9.22. The number of carboxylic acid groups (broad SMARTS) is 1. The first-order valence-electron chi connectivity index (χ1n) is 10.4. The fourth-order valence-electron chi connectivity index (χ4n) is 4.36. The largest absolute Gasteiger partial charge is 0.481 e. The van der Waals surface area contributed by atoms with Crippen molar-refractivity contribution in [2.45, 2.75) is 82.8 Å². The van der Waals surface area contributed by atoms with Gasteiger partial charge in [0.25, 0.3) is 0 Å². The maximum absolute atomic E-state index is 12.2. The van der Waals surface area contributed by atoms with E-state index < -0.39 is 18.2 Å². The van der Waals surface area contributed by atoms with Gasteiger partial charge in [0.15, 0.2) is 0 Å². The lowest BCUT2D eigenvalue weighted by Gasteiger charge is -2.23. The van der Waals surface area contributed by atoms with Crippen LogP contribution in [-0.2, 0) is 9.59 Å². The van der Waals surface area contributed by atoms with E-state index in [1.165, 1.54) is 32.1 Å². The molecule has 2 aliphatic rings. The van der Waals surface area contributed by atoms with E-state index in [1.807, 2.05) is 18.2 Å². The zero-order chi connectivity index (χ0) is 19.6. The van der Waals surface area contributed by atoms with E-state index in [0.717, 1.165) is 6.42 Å². The number of unbranched alkanes of at least 4 members (excludes halogenated alkanes) is 1. The highest BCUT2D eigenvalue weighted by atomic mass is 16.4. The molecule has 0 aromatic heterocycles. The average molecular weight is 379 g/mol. The van der Waals surface area contributed by atoms with Gasteiger partial charge in [0.1, 0.15) is 5.78 Å². The number of allylic oxidation sites excluding steroid dienone is 2. The van der Waals surface area contributed by atoms with Gasteiger partial charge in [-0.3, -0.25) is 9.59 Å². The molecule has 2 rings (SSSR count). The maximum Gasteiger partial charge on any atom is 0.303 e. The van der Waals surface area contributed by atoms with Crippen molar-refractivity contribution in [3.05, 3.63) is 24.3 Å². The molecule has 152 valence electrons. The summed E-state index contributed by atoms with van der Waals surface area (Å²) in [6.45, 7) is 0. The molecule has 3 N–H and O–H groups in total. The van der Waals surface area contributed by atoms with Gasteiger partial charge in [-0.2, -0.15) is 0 Å². The third-order valence-electron chi connectivity index (χ3n) is 5.91. The van der Waals surface area contributed by atoms with Crippen molar-refractivity contribution >= 4 is 11.8 Å². The minimum Gasteiger partial charge on any atom is -0.481 e. The first-order valence-corrected chi connectivity index (χ1v) is 10.4. The second-order valence-electron chi connectivity index (χ2n) is 8.11. The minimum atomic E-state index is -0.797. The lowest BCUT2D eigenvalue weighted by Crippen LogP contribution is -2.19. The fourth-order valence-corrected chi connectivity index (χ4v) is 4.36. The number of hydrogen-bond donors (Lipinski definition) is 3. The lowest BCUT2D eigenvalue weighted by molar-refractivity contribution is -0.137. The summed E-state index contributed by atoms with van der Waals surface area (Å²) < 4.78 is 0. The number of aliphatic hydroxyl groups is 2. The molecule has 5 heteroatoms. The van der Waals surface area contributed by atoms with E-state index in [1.54, 1.807) is 6.08 Å². The Labute approximate surface area is 162 Å². The number of carbonyl (C=O) groups is 2. The molecular weight excluding hydrogens is 344 g/mol. The molecule has 0 spiro atoms. The fraction of sp³-hybridized carbons (Fsp3) is 0.727. The van der Waals surface area contributed by atoms with Crippen molar-refractivity contribution in [1.82, 2.24) is 0 Å². The number of aliphatic carboxylic acids is 1. The zero-order valence-electron chi connectivity index (χ0n) is 16.1. The van der Waals surface area contributed by atoms with Crippen LogP contribution in [0.3, 0.4) is 0 Å². The highest BCUT2D eigenvalue weighted by molar-refractivity contribution is 5.84. The number of Topliss-reactive ketones (excluding diaryl/α,β-unsaturated/α-hetero) is 1. The molecule has 4 atom stereocenters. The number of carbonyl (C=O) groups excluding carboxylic acids is 1. The molecule has 0 aromatic carbocycles. The molecule has 0 bridgehead atoms. The average Bonchev–Trinajstić information content (AvgIpc) is 2.89. The normalized spacial score (nSPS) is 28.4. The van der Waals surface area contributed by atoms with Crippen LogP contribution in [0.15, 0.2) is 24.3 Å². The van der Waals surface area contributed by atoms with Crippen molar-refractivity contribution in [3.8, 4) is 0 Å². The van der Waals surface area contributed by atoms with Crippen LogP contribution in [-0.4, -0.2) is 39.3 Å². The van der Waals surface area contributed by atoms with Crippen LogP contribution in [0.4, 0.5) is 0 Å². The summed E-state index contributed by atoms with van der Waals surface area (Å²) in [7, 11) is 0. The van der Waals surface area contributed by atoms with Crippen LogP contribution >= 0.6 is 0 Å². The summed E-state index contributed by atoms with van der Waals surface area (Å²) in [6.07, 6.45) is 15.3. The van der Waals surface area contributed by atoms with Crippen molar-refractivity contribution in [1.29, 1.82) is 0 Å². The Morgan fingerprint density at radius 3 is 2.63 bits per heavy atom. The summed E-state index contributed by atoms with van der Waals surface area (Å²) in [5.74, 6) is -0.655. The van der Waals surface area contributed by atoms with Gasteiger partial charge in [0.05, 0.1) is 12.2 Å². The van der Waals surface area contributed by atoms with Gasteiger partial charge >= 0.3 is 5.97 Å². The second kappa shape index (κ2) is 11.4. The second-order valence-corrected chi connectivity index (χ2v) is 8.11. The molecule has 0 radical (unpaired) electrons. The zero-order valence-corrected chi connectivity index (χ0v) is 16.1. The topological polar surface area (TPSA) is 94.8 Å². The quantitative estimate of drug-likeness (QED) is 0.398. The Bertz CT molecular complexity index is 533. The molecule has 5 nitrogen and oxygen atoms in total. The predicted octanol–water partition coefficient (Wildman–Crippen LogP) is 3.64. The summed E-state index contributed by atoms with van der Waals surface area (Å²) in [5.41, 5.74) is 0. The SMILES string of the molecule is O=C(O)CCCC=CC[C@@H]1C(=O)C[C@@H](O)[C@@H]1C=C[C@@H](O)CC1CCCCC1. The summed E-state index contributed by atoms with van der Waals surface area (Å²) in [4.78, 5) is 22.7. The van der Waals surface area contributed by atoms with Crippen molar-refractivity contribution in [2.75, 3.05) is 0 Å². The van der Waals surface area contributed by atoms with Gasteiger partial charge < -0.3 is 15.3 Å². The van der Waals surface area contributed by atoms with E-state index in [0.29, 0.717) is 25.2 Å². The van der Waals surface area contributed by atoms with E-state index in [-0.39, 0.29) is 30.5 Å². The monoisotopic (exact) mass is 378 g/mol. The van der Waals surface area contributed by atoms with Crippen LogP contribution in [0.1, 0.15) is 70.6 Å². The van der Waals surface area contributed by atoms with Crippen molar-refractivity contribution in [2.24, 2.45) is 17.8 Å². The van der Waals surface area contributed by atoms with Crippen molar-refractivity contribution < 1.29 is 24.9 Å².